The molecule has 1 aromatic rings. The van der Waals surface area contributed by atoms with E-state index >= 15 is 0 Å². The molecule has 0 saturated carbocycles. The molecule has 2 heterocycles. The van der Waals surface area contributed by atoms with Crippen LogP contribution in [0.2, 0.25) is 0 Å². The molecule has 0 radical (unpaired) electrons. The summed E-state index contributed by atoms with van der Waals surface area (Å²) in [4.78, 5) is 50.0. The number of likely N-dealkylation sites (tertiary alicyclic amines) is 1. The number of hydrogen-bond donors (Lipinski definition) is 3. The number of nitro groups is 1. The lowest BCUT2D eigenvalue weighted by Gasteiger charge is -2.39. The first-order chi connectivity index (χ1) is 16.3. The number of para-hydroxylation sites is 2. The van der Waals surface area contributed by atoms with Gasteiger partial charge < -0.3 is 30.3 Å². The van der Waals surface area contributed by atoms with Crippen LogP contribution in [0.1, 0.15) is 32.6 Å². The van der Waals surface area contributed by atoms with Gasteiger partial charge in [0.25, 0.3) is 5.91 Å². The molecule has 12 heteroatoms. The van der Waals surface area contributed by atoms with Crippen molar-refractivity contribution < 1.29 is 28.8 Å². The van der Waals surface area contributed by atoms with Gasteiger partial charge in [-0.25, -0.2) is 4.79 Å². The highest BCUT2D eigenvalue weighted by molar-refractivity contribution is 5.92. The van der Waals surface area contributed by atoms with Gasteiger partial charge in [-0.2, -0.15) is 0 Å². The average Bonchev–Trinajstić information content (AvgIpc) is 2.84. The molecule has 2 fully saturated rings. The molecule has 12 nitrogen and oxygen atoms in total. The summed E-state index contributed by atoms with van der Waals surface area (Å²) in [6.07, 6.45) is 1.63. The highest BCUT2D eigenvalue weighted by Crippen LogP contribution is 2.26. The number of amides is 3. The van der Waals surface area contributed by atoms with E-state index in [0.717, 1.165) is 0 Å². The molecule has 0 atom stereocenters. The lowest BCUT2D eigenvalue weighted by atomic mass is 9.86. The van der Waals surface area contributed by atoms with Crippen molar-refractivity contribution in [2.45, 2.75) is 44.2 Å². The van der Waals surface area contributed by atoms with Crippen LogP contribution in [-0.4, -0.2) is 78.7 Å². The van der Waals surface area contributed by atoms with Crippen molar-refractivity contribution in [3.8, 4) is 5.75 Å². The van der Waals surface area contributed by atoms with Crippen molar-refractivity contribution in [2.24, 2.45) is 0 Å². The maximum atomic E-state index is 13.3. The number of carbonyl (C=O) groups is 3. The van der Waals surface area contributed by atoms with Crippen molar-refractivity contribution in [1.29, 1.82) is 0 Å². The fourth-order valence-corrected chi connectivity index (χ4v) is 4.18. The second-order valence-corrected chi connectivity index (χ2v) is 8.33. The van der Waals surface area contributed by atoms with Crippen molar-refractivity contribution >= 4 is 23.6 Å². The summed E-state index contributed by atoms with van der Waals surface area (Å²) in [6.45, 7) is 3.69. The minimum absolute atomic E-state index is 0.0141. The molecular formula is C22H31N5O7. The maximum absolute atomic E-state index is 13.3. The third-order valence-corrected chi connectivity index (χ3v) is 6.05. The first-order valence-corrected chi connectivity index (χ1v) is 11.5. The number of rotatable bonds is 8. The molecule has 0 aromatic heterocycles. The lowest BCUT2D eigenvalue weighted by Crippen LogP contribution is -2.65. The SMILES string of the molecule is CCOC(=O)N1CCC(NC(=O)C2(NC(=O)COc3ccccc3[N+](=O)[O-])CCNCC2)CC1. The summed E-state index contributed by atoms with van der Waals surface area (Å²) in [6, 6.07) is 5.68. The average molecular weight is 478 g/mol. The van der Waals surface area contributed by atoms with Crippen molar-refractivity contribution in [3.05, 3.63) is 34.4 Å². The van der Waals surface area contributed by atoms with Crippen LogP contribution in [0.15, 0.2) is 24.3 Å². The number of benzene rings is 1. The van der Waals surface area contributed by atoms with Crippen LogP contribution in [0.4, 0.5) is 10.5 Å². The van der Waals surface area contributed by atoms with Crippen LogP contribution in [0, 0.1) is 10.1 Å². The molecule has 0 bridgehead atoms. The molecule has 3 amide bonds. The molecule has 0 unspecified atom stereocenters. The third kappa shape index (κ3) is 6.34. The fourth-order valence-electron chi connectivity index (χ4n) is 4.18. The van der Waals surface area contributed by atoms with Gasteiger partial charge in [-0.05, 0) is 51.8 Å². The molecule has 2 saturated heterocycles. The van der Waals surface area contributed by atoms with E-state index in [4.69, 9.17) is 9.47 Å². The van der Waals surface area contributed by atoms with E-state index in [1.807, 2.05) is 0 Å². The summed E-state index contributed by atoms with van der Waals surface area (Å²) in [7, 11) is 0. The highest BCUT2D eigenvalue weighted by atomic mass is 16.6. The molecule has 1 aromatic carbocycles. The van der Waals surface area contributed by atoms with Gasteiger partial charge in [-0.15, -0.1) is 0 Å². The number of ether oxygens (including phenoxy) is 2. The van der Waals surface area contributed by atoms with E-state index in [-0.39, 0.29) is 29.5 Å². The normalized spacial score (nSPS) is 18.0. The first-order valence-electron chi connectivity index (χ1n) is 11.5. The topological polar surface area (TPSA) is 152 Å². The fraction of sp³-hybridized carbons (Fsp3) is 0.591. The van der Waals surface area contributed by atoms with Crippen LogP contribution >= 0.6 is 0 Å². The van der Waals surface area contributed by atoms with Crippen molar-refractivity contribution in [2.75, 3.05) is 39.4 Å². The molecular weight excluding hydrogens is 446 g/mol. The largest absolute Gasteiger partial charge is 0.477 e. The Hall–Kier alpha value is -3.41. The van der Waals surface area contributed by atoms with E-state index in [2.05, 4.69) is 16.0 Å². The van der Waals surface area contributed by atoms with E-state index < -0.39 is 23.0 Å². The molecule has 3 N–H and O–H groups in total. The van der Waals surface area contributed by atoms with Gasteiger partial charge in [0, 0.05) is 25.2 Å². The van der Waals surface area contributed by atoms with E-state index in [1.165, 1.54) is 18.2 Å². The number of nitrogens with one attached hydrogen (secondary N) is 3. The van der Waals surface area contributed by atoms with E-state index in [9.17, 15) is 24.5 Å². The Bertz CT molecular complexity index is 895. The predicted molar refractivity (Wildman–Crippen MR) is 121 cm³/mol. The zero-order valence-corrected chi connectivity index (χ0v) is 19.2. The van der Waals surface area contributed by atoms with Gasteiger partial charge in [-0.1, -0.05) is 12.1 Å². The van der Waals surface area contributed by atoms with Gasteiger partial charge in [-0.3, -0.25) is 19.7 Å². The summed E-state index contributed by atoms with van der Waals surface area (Å²) < 4.78 is 10.4. The van der Waals surface area contributed by atoms with Gasteiger partial charge in [0.1, 0.15) is 5.54 Å². The zero-order chi connectivity index (χ0) is 24.6. The molecule has 3 rings (SSSR count). The highest BCUT2D eigenvalue weighted by Gasteiger charge is 2.42. The monoisotopic (exact) mass is 477 g/mol. The third-order valence-electron chi connectivity index (χ3n) is 6.05. The summed E-state index contributed by atoms with van der Waals surface area (Å²) in [5, 5.41) is 20.2. The van der Waals surface area contributed by atoms with Crippen LogP contribution in [0.25, 0.3) is 0 Å². The van der Waals surface area contributed by atoms with E-state index in [1.54, 1.807) is 17.9 Å². The smallest absolute Gasteiger partial charge is 0.409 e. The number of nitrogens with zero attached hydrogens (tertiary/aromatic N) is 2. The van der Waals surface area contributed by atoms with Crippen molar-refractivity contribution in [3.63, 3.8) is 0 Å². The minimum atomic E-state index is -1.10. The number of nitro benzene ring substituents is 1. The molecule has 0 spiro atoms. The summed E-state index contributed by atoms with van der Waals surface area (Å²) in [5.74, 6) is -0.824. The molecule has 186 valence electrons. The predicted octanol–water partition coefficient (Wildman–Crippen LogP) is 0.949. The quantitative estimate of drug-likeness (QED) is 0.370. The van der Waals surface area contributed by atoms with E-state index in [0.29, 0.717) is 58.5 Å². The Kier molecular flexibility index (Phi) is 8.63. The number of hydrogen-bond acceptors (Lipinski definition) is 8. The van der Waals surface area contributed by atoms with Crippen LogP contribution < -0.4 is 20.7 Å². The maximum Gasteiger partial charge on any atom is 0.409 e. The molecule has 2 aliphatic heterocycles. The zero-order valence-electron chi connectivity index (χ0n) is 19.2. The summed E-state index contributed by atoms with van der Waals surface area (Å²) in [5.41, 5.74) is -1.34. The first kappa shape index (κ1) is 25.2. The number of carbonyl (C=O) groups excluding carboxylic acids is 3. The Morgan fingerprint density at radius 2 is 1.88 bits per heavy atom. The summed E-state index contributed by atoms with van der Waals surface area (Å²) >= 11 is 0. The van der Waals surface area contributed by atoms with Gasteiger partial charge in [0.05, 0.1) is 11.5 Å². The van der Waals surface area contributed by atoms with Gasteiger partial charge in [0.2, 0.25) is 5.91 Å². The van der Waals surface area contributed by atoms with Crippen LogP contribution in [0.3, 0.4) is 0 Å². The lowest BCUT2D eigenvalue weighted by molar-refractivity contribution is -0.385. The second-order valence-electron chi connectivity index (χ2n) is 8.33. The van der Waals surface area contributed by atoms with Crippen molar-refractivity contribution in [1.82, 2.24) is 20.9 Å². The Morgan fingerprint density at radius 3 is 2.53 bits per heavy atom. The Morgan fingerprint density at radius 1 is 1.21 bits per heavy atom. The van der Waals surface area contributed by atoms with Gasteiger partial charge >= 0.3 is 11.8 Å². The standard InChI is InChI=1S/C22H31N5O7/c1-2-33-21(30)26-13-7-16(8-14-26)24-20(29)22(9-11-23-12-10-22)25-19(28)15-34-18-6-4-3-5-17(18)27(31)32/h3-6,16,23H,2,7-15H2,1H3,(H,24,29)(H,25,28). The molecule has 34 heavy (non-hydrogen) atoms. The van der Waals surface area contributed by atoms with Gasteiger partial charge in [0.15, 0.2) is 12.4 Å². The van der Waals surface area contributed by atoms with Crippen LogP contribution in [0.5, 0.6) is 5.75 Å². The number of piperidine rings is 2. The Labute approximate surface area is 197 Å². The molecule has 2 aliphatic rings. The minimum Gasteiger partial charge on any atom is -0.477 e. The molecule has 0 aliphatic carbocycles. The second kappa shape index (κ2) is 11.6. The van der Waals surface area contributed by atoms with Crippen LogP contribution in [-0.2, 0) is 14.3 Å². The Balaban J connectivity index is 1.58.